The van der Waals surface area contributed by atoms with E-state index >= 15 is 0 Å². The van der Waals surface area contributed by atoms with Crippen molar-refractivity contribution in [2.24, 2.45) is 0 Å². The quantitative estimate of drug-likeness (QED) is 0.825. The molecule has 20 heavy (non-hydrogen) atoms. The van der Waals surface area contributed by atoms with Gasteiger partial charge in [0.1, 0.15) is 0 Å². The van der Waals surface area contributed by atoms with Crippen molar-refractivity contribution in [3.8, 4) is 0 Å². The van der Waals surface area contributed by atoms with Crippen LogP contribution in [0, 0.1) is 0 Å². The van der Waals surface area contributed by atoms with Crippen LogP contribution in [0.2, 0.25) is 0 Å². The number of aromatic nitrogens is 2. The lowest BCUT2D eigenvalue weighted by molar-refractivity contribution is 0.264. The van der Waals surface area contributed by atoms with Crippen LogP contribution in [-0.4, -0.2) is 65.4 Å². The van der Waals surface area contributed by atoms with Crippen LogP contribution in [0.4, 0.5) is 5.69 Å². The van der Waals surface area contributed by atoms with Crippen molar-refractivity contribution in [1.82, 2.24) is 19.6 Å². The summed E-state index contributed by atoms with van der Waals surface area (Å²) >= 11 is 0. The molecule has 0 aliphatic carbocycles. The van der Waals surface area contributed by atoms with Crippen molar-refractivity contribution in [1.29, 1.82) is 0 Å². The van der Waals surface area contributed by atoms with Crippen molar-refractivity contribution < 1.29 is 0 Å². The first-order valence-corrected chi connectivity index (χ1v) is 7.91. The minimum atomic E-state index is 0.603. The van der Waals surface area contributed by atoms with E-state index in [9.17, 15) is 0 Å². The number of piperidine rings is 1. The fraction of sp³-hybridized carbons (Fsp3) is 0.800. The molecule has 1 saturated heterocycles. The Balaban J connectivity index is 1.77. The predicted molar refractivity (Wildman–Crippen MR) is 84.2 cm³/mol. The van der Waals surface area contributed by atoms with E-state index in [1.807, 2.05) is 6.20 Å². The average molecular weight is 279 g/mol. The molecule has 114 valence electrons. The van der Waals surface area contributed by atoms with Crippen molar-refractivity contribution in [2.75, 3.05) is 45.1 Å². The molecule has 0 amide bonds. The summed E-state index contributed by atoms with van der Waals surface area (Å²) in [6.45, 7) is 11.1. The molecule has 0 saturated carbocycles. The zero-order valence-corrected chi connectivity index (χ0v) is 13.2. The molecule has 0 unspecified atom stereocenters. The number of likely N-dealkylation sites (N-methyl/N-ethyl adjacent to an activating group) is 1. The Morgan fingerprint density at radius 1 is 1.30 bits per heavy atom. The molecule has 0 bridgehead atoms. The van der Waals surface area contributed by atoms with E-state index in [0.717, 1.165) is 26.2 Å². The molecule has 5 nitrogen and oxygen atoms in total. The third-order valence-electron chi connectivity index (χ3n) is 4.26. The molecular formula is C15H29N5. The van der Waals surface area contributed by atoms with Crippen LogP contribution in [0.5, 0.6) is 0 Å². The fourth-order valence-corrected chi connectivity index (χ4v) is 2.73. The highest BCUT2D eigenvalue weighted by atomic mass is 15.3. The first kappa shape index (κ1) is 15.3. The Morgan fingerprint density at radius 3 is 2.65 bits per heavy atom. The molecule has 0 aromatic carbocycles. The molecule has 2 heterocycles. The molecule has 1 aromatic heterocycles. The van der Waals surface area contributed by atoms with E-state index in [1.165, 1.54) is 31.6 Å². The van der Waals surface area contributed by atoms with Gasteiger partial charge in [0.2, 0.25) is 0 Å². The maximum absolute atomic E-state index is 4.45. The summed E-state index contributed by atoms with van der Waals surface area (Å²) in [6, 6.07) is 0.603. The van der Waals surface area contributed by atoms with Gasteiger partial charge >= 0.3 is 0 Å². The van der Waals surface area contributed by atoms with Gasteiger partial charge in [-0.1, -0.05) is 13.8 Å². The molecule has 1 N–H and O–H groups in total. The van der Waals surface area contributed by atoms with Crippen LogP contribution in [0.25, 0.3) is 0 Å². The molecular weight excluding hydrogens is 250 g/mol. The van der Waals surface area contributed by atoms with Gasteiger partial charge in [0.25, 0.3) is 0 Å². The second-order valence-corrected chi connectivity index (χ2v) is 5.74. The van der Waals surface area contributed by atoms with Crippen LogP contribution < -0.4 is 5.32 Å². The number of nitrogens with zero attached hydrogens (tertiary/aromatic N) is 4. The normalized spacial score (nSPS) is 17.8. The van der Waals surface area contributed by atoms with E-state index < -0.39 is 0 Å². The standard InChI is InChI=1S/C15H29N5/c1-4-19(5-2)10-11-20-13-15(12-16-20)17-14-6-8-18(3)9-7-14/h12-14,17H,4-11H2,1-3H3. The third kappa shape index (κ3) is 4.49. The predicted octanol–water partition coefficient (Wildman–Crippen LogP) is 1.73. The summed E-state index contributed by atoms with van der Waals surface area (Å²) in [5.41, 5.74) is 1.17. The molecule has 0 spiro atoms. The molecule has 0 radical (unpaired) electrons. The number of nitrogens with one attached hydrogen (secondary N) is 1. The van der Waals surface area contributed by atoms with E-state index in [-0.39, 0.29) is 0 Å². The van der Waals surface area contributed by atoms with E-state index in [1.54, 1.807) is 0 Å². The summed E-state index contributed by atoms with van der Waals surface area (Å²) in [6.07, 6.45) is 6.55. The maximum Gasteiger partial charge on any atom is 0.0728 e. The Labute approximate surface area is 122 Å². The minimum absolute atomic E-state index is 0.603. The molecule has 0 atom stereocenters. The summed E-state index contributed by atoms with van der Waals surface area (Å²) in [5.74, 6) is 0. The van der Waals surface area contributed by atoms with Crippen LogP contribution in [0.1, 0.15) is 26.7 Å². The summed E-state index contributed by atoms with van der Waals surface area (Å²) in [5, 5.41) is 8.07. The fourth-order valence-electron chi connectivity index (χ4n) is 2.73. The largest absolute Gasteiger partial charge is 0.380 e. The second-order valence-electron chi connectivity index (χ2n) is 5.74. The van der Waals surface area contributed by atoms with Crippen LogP contribution >= 0.6 is 0 Å². The van der Waals surface area contributed by atoms with Gasteiger partial charge in [-0.25, -0.2) is 0 Å². The number of anilines is 1. The van der Waals surface area contributed by atoms with Crippen molar-refractivity contribution >= 4 is 5.69 Å². The van der Waals surface area contributed by atoms with Crippen molar-refractivity contribution in [3.05, 3.63) is 12.4 Å². The number of hydrogen-bond donors (Lipinski definition) is 1. The molecule has 1 aliphatic rings. The van der Waals surface area contributed by atoms with Gasteiger partial charge in [-0.15, -0.1) is 0 Å². The number of rotatable bonds is 7. The van der Waals surface area contributed by atoms with Gasteiger partial charge in [0.15, 0.2) is 0 Å². The molecule has 2 rings (SSSR count). The zero-order chi connectivity index (χ0) is 14.4. The van der Waals surface area contributed by atoms with E-state index in [0.29, 0.717) is 6.04 Å². The maximum atomic E-state index is 4.45. The number of likely N-dealkylation sites (tertiary alicyclic amines) is 1. The average Bonchev–Trinajstić information content (AvgIpc) is 2.90. The Morgan fingerprint density at radius 2 is 2.00 bits per heavy atom. The van der Waals surface area contributed by atoms with Gasteiger partial charge in [-0.05, 0) is 46.1 Å². The summed E-state index contributed by atoms with van der Waals surface area (Å²) in [4.78, 5) is 4.82. The molecule has 1 fully saturated rings. The SMILES string of the molecule is CCN(CC)CCn1cc(NC2CCN(C)CC2)cn1. The lowest BCUT2D eigenvalue weighted by atomic mass is 10.1. The Hall–Kier alpha value is -1.07. The molecule has 1 aromatic rings. The van der Waals surface area contributed by atoms with E-state index in [4.69, 9.17) is 0 Å². The lowest BCUT2D eigenvalue weighted by Crippen LogP contribution is -2.36. The monoisotopic (exact) mass is 279 g/mol. The van der Waals surface area contributed by atoms with Gasteiger partial charge in [0.05, 0.1) is 18.4 Å². The highest BCUT2D eigenvalue weighted by molar-refractivity contribution is 5.39. The summed E-state index contributed by atoms with van der Waals surface area (Å²) < 4.78 is 2.05. The lowest BCUT2D eigenvalue weighted by Gasteiger charge is -2.29. The smallest absolute Gasteiger partial charge is 0.0728 e. The topological polar surface area (TPSA) is 36.3 Å². The zero-order valence-electron chi connectivity index (χ0n) is 13.2. The van der Waals surface area contributed by atoms with E-state index in [2.05, 4.69) is 52.0 Å². The Bertz CT molecular complexity index is 377. The highest BCUT2D eigenvalue weighted by Crippen LogP contribution is 2.15. The van der Waals surface area contributed by atoms with Crippen LogP contribution in [0.3, 0.4) is 0 Å². The summed E-state index contributed by atoms with van der Waals surface area (Å²) in [7, 11) is 2.20. The minimum Gasteiger partial charge on any atom is -0.380 e. The second kappa shape index (κ2) is 7.64. The third-order valence-corrected chi connectivity index (χ3v) is 4.26. The number of hydrogen-bond acceptors (Lipinski definition) is 4. The van der Waals surface area contributed by atoms with Crippen molar-refractivity contribution in [3.63, 3.8) is 0 Å². The van der Waals surface area contributed by atoms with Gasteiger partial charge in [0, 0.05) is 18.8 Å². The van der Waals surface area contributed by atoms with Gasteiger partial charge in [-0.2, -0.15) is 5.10 Å². The van der Waals surface area contributed by atoms with Crippen LogP contribution in [-0.2, 0) is 6.54 Å². The molecule has 5 heteroatoms. The van der Waals surface area contributed by atoms with Crippen molar-refractivity contribution in [2.45, 2.75) is 39.3 Å². The molecule has 1 aliphatic heterocycles. The first-order chi connectivity index (χ1) is 9.71. The van der Waals surface area contributed by atoms with Crippen LogP contribution in [0.15, 0.2) is 12.4 Å². The van der Waals surface area contributed by atoms with Gasteiger partial charge < -0.3 is 15.1 Å². The first-order valence-electron chi connectivity index (χ1n) is 7.91. The Kier molecular flexibility index (Phi) is 5.86. The highest BCUT2D eigenvalue weighted by Gasteiger charge is 2.16. The van der Waals surface area contributed by atoms with Gasteiger partial charge in [-0.3, -0.25) is 4.68 Å².